The molecule has 0 saturated carbocycles. The monoisotopic (exact) mass is 544 g/mol. The Hall–Kier alpha value is -4.57. The number of phenols is 1. The Kier molecular flexibility index (Phi) is 6.11. The smallest absolute Gasteiger partial charge is 0.301 e. The van der Waals surface area contributed by atoms with E-state index in [1.165, 1.54) is 22.3 Å². The van der Waals surface area contributed by atoms with Crippen LogP contribution in [0.1, 0.15) is 29.7 Å². The van der Waals surface area contributed by atoms with E-state index in [1.54, 1.807) is 37.3 Å². The first-order valence-corrected chi connectivity index (χ1v) is 13.2. The molecule has 1 fully saturated rings. The largest absolute Gasteiger partial charge is 0.507 e. The number of aliphatic hydroxyl groups excluding tert-OH is 1. The molecule has 6 rings (SSSR count). The van der Waals surface area contributed by atoms with Crippen LogP contribution in [0.15, 0.2) is 60.2 Å². The Morgan fingerprint density at radius 1 is 1.08 bits per heavy atom. The minimum absolute atomic E-state index is 0.0835. The average molecular weight is 545 g/mol. The highest BCUT2D eigenvalue weighted by atomic mass is 32.1. The van der Waals surface area contributed by atoms with Crippen molar-refractivity contribution in [1.82, 2.24) is 4.98 Å². The number of thiazole rings is 1. The molecule has 10 heteroatoms. The standard InChI is InChI=1S/C29H24N2O7S/c1-3-36-21-13-16(5-8-19(21)32)25-24(26(33)17-6-9-20-22(14-17)38-11-10-37-20)27(34)28(35)31(25)29-30-18-7-4-15(2)12-23(18)39-29/h4-9,12-14,25,32-33H,3,10-11H2,1-2H3/b26-24+. The van der Waals surface area contributed by atoms with E-state index in [1.807, 2.05) is 25.1 Å². The number of hydrogen-bond donors (Lipinski definition) is 2. The van der Waals surface area contributed by atoms with E-state index in [4.69, 9.17) is 14.2 Å². The Labute approximate surface area is 227 Å². The van der Waals surface area contributed by atoms with Gasteiger partial charge < -0.3 is 24.4 Å². The molecule has 0 radical (unpaired) electrons. The summed E-state index contributed by atoms with van der Waals surface area (Å²) in [6.07, 6.45) is 0. The second kappa shape index (κ2) is 9.63. The number of ether oxygens (including phenoxy) is 3. The second-order valence-electron chi connectivity index (χ2n) is 9.16. The number of hydrogen-bond acceptors (Lipinski definition) is 9. The van der Waals surface area contributed by atoms with Crippen molar-refractivity contribution in [2.45, 2.75) is 19.9 Å². The number of ketones is 1. The second-order valence-corrected chi connectivity index (χ2v) is 10.2. The van der Waals surface area contributed by atoms with Crippen LogP contribution in [0.5, 0.6) is 23.0 Å². The van der Waals surface area contributed by atoms with Gasteiger partial charge in [0.1, 0.15) is 19.0 Å². The summed E-state index contributed by atoms with van der Waals surface area (Å²) in [5.74, 6) is -0.962. The normalized spacial score (nSPS) is 18.1. The van der Waals surface area contributed by atoms with Gasteiger partial charge in [-0.25, -0.2) is 4.98 Å². The molecule has 3 heterocycles. The van der Waals surface area contributed by atoms with Gasteiger partial charge in [-0.1, -0.05) is 23.5 Å². The number of carbonyl (C=O) groups is 2. The first kappa shape index (κ1) is 24.7. The maximum absolute atomic E-state index is 13.6. The lowest BCUT2D eigenvalue weighted by Gasteiger charge is -2.24. The fourth-order valence-corrected chi connectivity index (χ4v) is 5.88. The number of aryl methyl sites for hydroxylation is 1. The Morgan fingerprint density at radius 3 is 2.67 bits per heavy atom. The van der Waals surface area contributed by atoms with Crippen LogP contribution in [0, 0.1) is 6.92 Å². The summed E-state index contributed by atoms with van der Waals surface area (Å²) in [4.78, 5) is 33.1. The fraction of sp³-hybridized carbons (Fsp3) is 0.207. The van der Waals surface area contributed by atoms with Crippen LogP contribution in [0.3, 0.4) is 0 Å². The molecule has 2 aliphatic rings. The van der Waals surface area contributed by atoms with E-state index in [-0.39, 0.29) is 22.8 Å². The third-order valence-corrected chi connectivity index (χ3v) is 7.62. The van der Waals surface area contributed by atoms with Crippen molar-refractivity contribution in [2.24, 2.45) is 0 Å². The van der Waals surface area contributed by atoms with Crippen LogP contribution >= 0.6 is 11.3 Å². The number of aliphatic hydroxyl groups is 1. The average Bonchev–Trinajstić information content (AvgIpc) is 3.46. The number of fused-ring (bicyclic) bond motifs is 2. The third kappa shape index (κ3) is 4.22. The predicted octanol–water partition coefficient (Wildman–Crippen LogP) is 5.11. The minimum Gasteiger partial charge on any atom is -0.507 e. The molecule has 0 bridgehead atoms. The van der Waals surface area contributed by atoms with Crippen LogP contribution in [0.25, 0.3) is 16.0 Å². The number of rotatable bonds is 5. The number of Topliss-reactive ketones (excluding diaryl/α,β-unsaturated/α-hetero) is 1. The minimum atomic E-state index is -1.03. The van der Waals surface area contributed by atoms with E-state index in [9.17, 15) is 19.8 Å². The summed E-state index contributed by atoms with van der Waals surface area (Å²) in [6.45, 7) is 4.81. The van der Waals surface area contributed by atoms with Gasteiger partial charge in [0, 0.05) is 5.56 Å². The Balaban J connectivity index is 1.55. The zero-order valence-electron chi connectivity index (χ0n) is 21.1. The molecule has 1 saturated heterocycles. The molecule has 1 atom stereocenters. The molecule has 1 amide bonds. The highest BCUT2D eigenvalue weighted by Gasteiger charge is 2.48. The quantitative estimate of drug-likeness (QED) is 0.202. The number of aromatic nitrogens is 1. The lowest BCUT2D eigenvalue weighted by molar-refractivity contribution is -0.132. The van der Waals surface area contributed by atoms with Gasteiger partial charge in [-0.2, -0.15) is 0 Å². The number of anilines is 1. The fourth-order valence-electron chi connectivity index (χ4n) is 4.79. The third-order valence-electron chi connectivity index (χ3n) is 6.60. The van der Waals surface area contributed by atoms with Crippen molar-refractivity contribution in [3.63, 3.8) is 0 Å². The van der Waals surface area contributed by atoms with Crippen molar-refractivity contribution < 1.29 is 34.0 Å². The van der Waals surface area contributed by atoms with Crippen molar-refractivity contribution in [1.29, 1.82) is 0 Å². The zero-order valence-corrected chi connectivity index (χ0v) is 21.9. The molecular formula is C29H24N2O7S. The van der Waals surface area contributed by atoms with Crippen LogP contribution < -0.4 is 19.1 Å². The number of phenolic OH excluding ortho intramolecular Hbond substituents is 1. The van der Waals surface area contributed by atoms with Crippen LogP contribution in [0.4, 0.5) is 5.13 Å². The summed E-state index contributed by atoms with van der Waals surface area (Å²) < 4.78 is 17.7. The zero-order chi connectivity index (χ0) is 27.3. The molecule has 4 aromatic rings. The number of carbonyl (C=O) groups excluding carboxylic acids is 2. The van der Waals surface area contributed by atoms with Crippen molar-refractivity contribution >= 4 is 44.1 Å². The van der Waals surface area contributed by atoms with Crippen molar-refractivity contribution in [3.8, 4) is 23.0 Å². The van der Waals surface area contributed by atoms with Crippen LogP contribution in [0.2, 0.25) is 0 Å². The first-order chi connectivity index (χ1) is 18.9. The number of amides is 1. The summed E-state index contributed by atoms with van der Waals surface area (Å²) in [6, 6.07) is 14.2. The van der Waals surface area contributed by atoms with E-state index in [0.717, 1.165) is 10.3 Å². The molecule has 2 aliphatic heterocycles. The molecule has 1 unspecified atom stereocenters. The van der Waals surface area contributed by atoms with E-state index < -0.39 is 17.7 Å². The topological polar surface area (TPSA) is 118 Å². The Bertz CT molecular complexity index is 1680. The lowest BCUT2D eigenvalue weighted by Crippen LogP contribution is -2.29. The first-order valence-electron chi connectivity index (χ1n) is 12.4. The lowest BCUT2D eigenvalue weighted by atomic mass is 9.95. The van der Waals surface area contributed by atoms with Gasteiger partial charge >= 0.3 is 5.91 Å². The van der Waals surface area contributed by atoms with Gasteiger partial charge in [0.15, 0.2) is 28.1 Å². The molecule has 0 aliphatic carbocycles. The van der Waals surface area contributed by atoms with Crippen LogP contribution in [-0.4, -0.2) is 46.7 Å². The number of nitrogens with zero attached hydrogens (tertiary/aromatic N) is 2. The molecule has 3 aromatic carbocycles. The molecule has 2 N–H and O–H groups in total. The molecule has 0 spiro atoms. The molecular weight excluding hydrogens is 520 g/mol. The maximum Gasteiger partial charge on any atom is 0.301 e. The van der Waals surface area contributed by atoms with Gasteiger partial charge in [0.05, 0.1) is 28.4 Å². The van der Waals surface area contributed by atoms with E-state index in [2.05, 4.69) is 4.98 Å². The van der Waals surface area contributed by atoms with Crippen molar-refractivity contribution in [2.75, 3.05) is 24.7 Å². The SMILES string of the molecule is CCOc1cc(C2/C(=C(\O)c3ccc4c(c3)OCCO4)C(=O)C(=O)N2c2nc3ccc(C)cc3s2)ccc1O. The summed E-state index contributed by atoms with van der Waals surface area (Å²) in [5, 5.41) is 22.1. The number of aromatic hydroxyl groups is 1. The molecule has 198 valence electrons. The molecule has 9 nitrogen and oxygen atoms in total. The predicted molar refractivity (Wildman–Crippen MR) is 146 cm³/mol. The Morgan fingerprint density at radius 2 is 1.87 bits per heavy atom. The van der Waals surface area contributed by atoms with Gasteiger partial charge in [0.25, 0.3) is 5.78 Å². The summed E-state index contributed by atoms with van der Waals surface area (Å²) in [5.41, 5.74) is 2.37. The summed E-state index contributed by atoms with van der Waals surface area (Å²) in [7, 11) is 0. The van der Waals surface area contributed by atoms with Gasteiger partial charge in [-0.15, -0.1) is 0 Å². The van der Waals surface area contributed by atoms with E-state index >= 15 is 0 Å². The van der Waals surface area contributed by atoms with Gasteiger partial charge in [-0.3, -0.25) is 14.5 Å². The van der Waals surface area contributed by atoms with E-state index in [0.29, 0.717) is 53.1 Å². The highest BCUT2D eigenvalue weighted by molar-refractivity contribution is 7.22. The van der Waals surface area contributed by atoms with Gasteiger partial charge in [0.2, 0.25) is 0 Å². The van der Waals surface area contributed by atoms with Crippen LogP contribution in [-0.2, 0) is 9.59 Å². The molecule has 39 heavy (non-hydrogen) atoms. The van der Waals surface area contributed by atoms with Gasteiger partial charge in [-0.05, 0) is 67.4 Å². The number of benzene rings is 3. The van der Waals surface area contributed by atoms with Crippen molar-refractivity contribution in [3.05, 3.63) is 76.9 Å². The molecule has 1 aromatic heterocycles. The maximum atomic E-state index is 13.6. The highest BCUT2D eigenvalue weighted by Crippen LogP contribution is 2.46. The summed E-state index contributed by atoms with van der Waals surface area (Å²) >= 11 is 1.28.